The summed E-state index contributed by atoms with van der Waals surface area (Å²) in [5, 5.41) is 9.34. The molecule has 1 aromatic carbocycles. The first kappa shape index (κ1) is 16.9. The standard InChI is InChI=1S/C18H20N4O3/c1-11(2)22-15(7-8-19-22)20-17(24)13-5-3-12(4-6-13)9-14-10-16(23)21-18(14)25/h3-8,11,14H,9-10H2,1-2H3,(H,20,24)(H,21,23,25)/t14-/m1/s1. The molecule has 1 atom stereocenters. The van der Waals surface area contributed by atoms with Crippen LogP contribution in [0.25, 0.3) is 0 Å². The molecule has 0 bridgehead atoms. The average Bonchev–Trinajstić information content (AvgIpc) is 3.14. The Hall–Kier alpha value is -2.96. The Morgan fingerprint density at radius 3 is 2.60 bits per heavy atom. The topological polar surface area (TPSA) is 93.1 Å². The lowest BCUT2D eigenvalue weighted by Gasteiger charge is -2.12. The highest BCUT2D eigenvalue weighted by Gasteiger charge is 2.30. The fourth-order valence-electron chi connectivity index (χ4n) is 2.86. The van der Waals surface area contributed by atoms with Gasteiger partial charge in [-0.25, -0.2) is 4.68 Å². The van der Waals surface area contributed by atoms with Gasteiger partial charge >= 0.3 is 0 Å². The molecule has 130 valence electrons. The molecule has 0 saturated carbocycles. The Balaban J connectivity index is 1.65. The monoisotopic (exact) mass is 340 g/mol. The van der Waals surface area contributed by atoms with Gasteiger partial charge in [0.1, 0.15) is 5.82 Å². The molecule has 1 saturated heterocycles. The van der Waals surface area contributed by atoms with Gasteiger partial charge in [-0.3, -0.25) is 19.7 Å². The highest BCUT2D eigenvalue weighted by atomic mass is 16.2. The molecule has 1 aromatic heterocycles. The molecule has 3 rings (SSSR count). The van der Waals surface area contributed by atoms with Gasteiger partial charge in [0.25, 0.3) is 5.91 Å². The Morgan fingerprint density at radius 2 is 2.00 bits per heavy atom. The molecule has 2 N–H and O–H groups in total. The van der Waals surface area contributed by atoms with Crippen molar-refractivity contribution in [3.8, 4) is 0 Å². The van der Waals surface area contributed by atoms with E-state index in [0.29, 0.717) is 17.8 Å². The lowest BCUT2D eigenvalue weighted by atomic mass is 9.97. The van der Waals surface area contributed by atoms with E-state index in [1.165, 1.54) is 0 Å². The molecular weight excluding hydrogens is 320 g/mol. The van der Waals surface area contributed by atoms with Gasteiger partial charge in [0.15, 0.2) is 0 Å². The molecule has 0 spiro atoms. The Morgan fingerprint density at radius 1 is 1.28 bits per heavy atom. The summed E-state index contributed by atoms with van der Waals surface area (Å²) < 4.78 is 1.74. The molecule has 2 aromatic rings. The van der Waals surface area contributed by atoms with Crippen LogP contribution in [0.3, 0.4) is 0 Å². The largest absolute Gasteiger partial charge is 0.307 e. The number of amides is 3. The summed E-state index contributed by atoms with van der Waals surface area (Å²) in [4.78, 5) is 35.2. The zero-order chi connectivity index (χ0) is 18.0. The van der Waals surface area contributed by atoms with Crippen LogP contribution in [0, 0.1) is 5.92 Å². The summed E-state index contributed by atoms with van der Waals surface area (Å²) in [6.45, 7) is 3.97. The molecule has 7 heteroatoms. The predicted octanol–water partition coefficient (Wildman–Crippen LogP) is 1.92. The maximum Gasteiger partial charge on any atom is 0.256 e. The SMILES string of the molecule is CC(C)n1nccc1NC(=O)c1ccc(C[C@@H]2CC(=O)NC2=O)cc1. The van der Waals surface area contributed by atoms with E-state index in [4.69, 9.17) is 0 Å². The maximum absolute atomic E-state index is 12.4. The van der Waals surface area contributed by atoms with E-state index in [9.17, 15) is 14.4 Å². The predicted molar refractivity (Wildman–Crippen MR) is 92.0 cm³/mol. The Bertz CT molecular complexity index is 808. The summed E-state index contributed by atoms with van der Waals surface area (Å²) >= 11 is 0. The van der Waals surface area contributed by atoms with E-state index in [-0.39, 0.29) is 36.1 Å². The molecule has 2 heterocycles. The van der Waals surface area contributed by atoms with Crippen LogP contribution in [0.1, 0.15) is 42.2 Å². The van der Waals surface area contributed by atoms with Crippen LogP contribution >= 0.6 is 0 Å². The number of hydrogen-bond acceptors (Lipinski definition) is 4. The zero-order valence-corrected chi connectivity index (χ0v) is 14.2. The molecule has 7 nitrogen and oxygen atoms in total. The Labute approximate surface area is 145 Å². The van der Waals surface area contributed by atoms with Crippen molar-refractivity contribution in [1.82, 2.24) is 15.1 Å². The van der Waals surface area contributed by atoms with Crippen molar-refractivity contribution in [1.29, 1.82) is 0 Å². The van der Waals surface area contributed by atoms with E-state index in [2.05, 4.69) is 15.7 Å². The van der Waals surface area contributed by atoms with Crippen molar-refractivity contribution in [2.45, 2.75) is 32.7 Å². The van der Waals surface area contributed by atoms with E-state index >= 15 is 0 Å². The lowest BCUT2D eigenvalue weighted by Crippen LogP contribution is -2.22. The number of benzene rings is 1. The lowest BCUT2D eigenvalue weighted by molar-refractivity contribution is -0.125. The third-order valence-electron chi connectivity index (χ3n) is 4.16. The third kappa shape index (κ3) is 3.76. The second kappa shape index (κ2) is 6.88. The summed E-state index contributed by atoms with van der Waals surface area (Å²) in [6, 6.07) is 8.95. The van der Waals surface area contributed by atoms with Crippen LogP contribution in [0.5, 0.6) is 0 Å². The summed E-state index contributed by atoms with van der Waals surface area (Å²) in [5.74, 6) is -0.359. The van der Waals surface area contributed by atoms with Crippen molar-refractivity contribution in [3.05, 3.63) is 47.7 Å². The van der Waals surface area contributed by atoms with Gasteiger partial charge in [0, 0.05) is 24.1 Å². The maximum atomic E-state index is 12.4. The number of nitrogens with one attached hydrogen (secondary N) is 2. The number of rotatable bonds is 5. The van der Waals surface area contributed by atoms with E-state index in [1.807, 2.05) is 26.0 Å². The van der Waals surface area contributed by atoms with Gasteiger partial charge < -0.3 is 5.32 Å². The number of hydrogen-bond donors (Lipinski definition) is 2. The number of aromatic nitrogens is 2. The third-order valence-corrected chi connectivity index (χ3v) is 4.16. The van der Waals surface area contributed by atoms with Gasteiger partial charge in [-0.15, -0.1) is 0 Å². The summed E-state index contributed by atoms with van der Waals surface area (Å²) in [7, 11) is 0. The quantitative estimate of drug-likeness (QED) is 0.813. The van der Waals surface area contributed by atoms with Crippen LogP contribution in [-0.4, -0.2) is 27.5 Å². The fraction of sp³-hybridized carbons (Fsp3) is 0.333. The minimum atomic E-state index is -0.326. The van der Waals surface area contributed by atoms with Crippen LogP contribution in [-0.2, 0) is 16.0 Å². The molecule has 3 amide bonds. The minimum absolute atomic E-state index is 0.146. The number of carbonyl (C=O) groups is 3. The first-order valence-corrected chi connectivity index (χ1v) is 8.21. The average molecular weight is 340 g/mol. The second-order valence-corrected chi connectivity index (χ2v) is 6.42. The number of anilines is 1. The zero-order valence-electron chi connectivity index (χ0n) is 14.2. The fourth-order valence-corrected chi connectivity index (χ4v) is 2.86. The number of nitrogens with zero attached hydrogens (tertiary/aromatic N) is 2. The van der Waals surface area contributed by atoms with Crippen LogP contribution in [0.15, 0.2) is 36.5 Å². The normalized spacial score (nSPS) is 17.0. The molecule has 0 unspecified atom stereocenters. The van der Waals surface area contributed by atoms with Gasteiger partial charge in [-0.1, -0.05) is 12.1 Å². The second-order valence-electron chi connectivity index (χ2n) is 6.42. The van der Waals surface area contributed by atoms with E-state index in [1.54, 1.807) is 29.1 Å². The highest BCUT2D eigenvalue weighted by Crippen LogP contribution is 2.19. The first-order valence-electron chi connectivity index (χ1n) is 8.21. The molecule has 0 radical (unpaired) electrons. The van der Waals surface area contributed by atoms with Gasteiger partial charge in [-0.05, 0) is 38.0 Å². The minimum Gasteiger partial charge on any atom is -0.307 e. The van der Waals surface area contributed by atoms with Crippen LogP contribution in [0.4, 0.5) is 5.82 Å². The molecule has 25 heavy (non-hydrogen) atoms. The molecular formula is C18H20N4O3. The summed E-state index contributed by atoms with van der Waals surface area (Å²) in [6.07, 6.45) is 2.35. The van der Waals surface area contributed by atoms with Gasteiger partial charge in [0.2, 0.25) is 11.8 Å². The van der Waals surface area contributed by atoms with Crippen LogP contribution in [0.2, 0.25) is 0 Å². The van der Waals surface area contributed by atoms with Gasteiger partial charge in [0.05, 0.1) is 12.1 Å². The van der Waals surface area contributed by atoms with Crippen molar-refractivity contribution in [2.75, 3.05) is 5.32 Å². The first-order chi connectivity index (χ1) is 11.9. The molecule has 1 aliphatic rings. The van der Waals surface area contributed by atoms with Crippen molar-refractivity contribution >= 4 is 23.5 Å². The molecule has 0 aliphatic carbocycles. The Kier molecular flexibility index (Phi) is 4.65. The van der Waals surface area contributed by atoms with E-state index < -0.39 is 0 Å². The van der Waals surface area contributed by atoms with E-state index in [0.717, 1.165) is 5.56 Å². The summed E-state index contributed by atoms with van der Waals surface area (Å²) in [5.41, 5.74) is 1.44. The number of imide groups is 1. The number of carbonyl (C=O) groups excluding carboxylic acids is 3. The molecule has 1 fully saturated rings. The van der Waals surface area contributed by atoms with Crippen LogP contribution < -0.4 is 10.6 Å². The smallest absolute Gasteiger partial charge is 0.256 e. The molecule has 1 aliphatic heterocycles. The van der Waals surface area contributed by atoms with Crippen molar-refractivity contribution in [2.24, 2.45) is 5.92 Å². The highest BCUT2D eigenvalue weighted by molar-refractivity contribution is 6.04. The van der Waals surface area contributed by atoms with Crippen molar-refractivity contribution < 1.29 is 14.4 Å². The van der Waals surface area contributed by atoms with Gasteiger partial charge in [-0.2, -0.15) is 5.10 Å². The van der Waals surface area contributed by atoms with Crippen molar-refractivity contribution in [3.63, 3.8) is 0 Å².